The molecule has 0 radical (unpaired) electrons. The molecule has 1 saturated heterocycles. The molecule has 0 saturated carbocycles. The zero-order valence-electron chi connectivity index (χ0n) is 5.93. The fourth-order valence-electron chi connectivity index (χ4n) is 1.08. The lowest BCUT2D eigenvalue weighted by Gasteiger charge is -2.21. The first-order valence-electron chi connectivity index (χ1n) is 3.63. The predicted molar refractivity (Wildman–Crippen MR) is 35.5 cm³/mol. The Kier molecular flexibility index (Phi) is 3.01. The topological polar surface area (TPSA) is 18.5 Å². The van der Waals surface area contributed by atoms with Crippen LogP contribution in [0.3, 0.4) is 0 Å². The van der Waals surface area contributed by atoms with Crippen LogP contribution in [0.2, 0.25) is 0 Å². The van der Waals surface area contributed by atoms with Crippen molar-refractivity contribution in [3.8, 4) is 0 Å². The van der Waals surface area contributed by atoms with E-state index in [-0.39, 0.29) is 0 Å². The lowest BCUT2D eigenvalue weighted by molar-refractivity contribution is -0.0457. The van der Waals surface area contributed by atoms with E-state index < -0.39 is 0 Å². The average molecular weight is 130 g/mol. The number of hydrogen-bond donors (Lipinski definition) is 0. The summed E-state index contributed by atoms with van der Waals surface area (Å²) in [5.41, 5.74) is 0. The number of rotatable bonds is 2. The standard InChI is InChI=1S/C7H14O2/c1-2-9-7-4-3-5-8-6-7/h7H,2-6H2,1H3. The molecule has 0 spiro atoms. The van der Waals surface area contributed by atoms with Crippen molar-refractivity contribution in [2.75, 3.05) is 19.8 Å². The van der Waals surface area contributed by atoms with Crippen LogP contribution in [-0.4, -0.2) is 25.9 Å². The quantitative estimate of drug-likeness (QED) is 0.559. The van der Waals surface area contributed by atoms with Crippen molar-refractivity contribution in [2.24, 2.45) is 0 Å². The predicted octanol–water partition coefficient (Wildman–Crippen LogP) is 1.20. The Morgan fingerprint density at radius 1 is 1.67 bits per heavy atom. The summed E-state index contributed by atoms with van der Waals surface area (Å²) in [6.07, 6.45) is 2.71. The summed E-state index contributed by atoms with van der Waals surface area (Å²) in [6.45, 7) is 4.56. The van der Waals surface area contributed by atoms with Crippen molar-refractivity contribution in [1.29, 1.82) is 0 Å². The first kappa shape index (κ1) is 7.03. The Hall–Kier alpha value is -0.0800. The van der Waals surface area contributed by atoms with Gasteiger partial charge < -0.3 is 9.47 Å². The van der Waals surface area contributed by atoms with Gasteiger partial charge in [0.1, 0.15) is 0 Å². The van der Waals surface area contributed by atoms with Gasteiger partial charge in [0.05, 0.1) is 12.7 Å². The lowest BCUT2D eigenvalue weighted by atomic mass is 10.2. The molecule has 54 valence electrons. The van der Waals surface area contributed by atoms with Crippen molar-refractivity contribution in [2.45, 2.75) is 25.9 Å². The molecule has 1 atom stereocenters. The van der Waals surface area contributed by atoms with E-state index in [1.54, 1.807) is 0 Å². The molecule has 1 fully saturated rings. The van der Waals surface area contributed by atoms with Gasteiger partial charge in [-0.25, -0.2) is 0 Å². The van der Waals surface area contributed by atoms with Gasteiger partial charge in [0.25, 0.3) is 0 Å². The normalized spacial score (nSPS) is 28.3. The third kappa shape index (κ3) is 2.33. The fraction of sp³-hybridized carbons (Fsp3) is 1.00. The van der Waals surface area contributed by atoms with Crippen LogP contribution in [0, 0.1) is 0 Å². The van der Waals surface area contributed by atoms with Gasteiger partial charge in [-0.2, -0.15) is 0 Å². The second-order valence-electron chi connectivity index (χ2n) is 2.29. The Morgan fingerprint density at radius 2 is 2.56 bits per heavy atom. The molecule has 1 rings (SSSR count). The molecule has 1 aliphatic rings. The van der Waals surface area contributed by atoms with Crippen molar-refractivity contribution in [3.63, 3.8) is 0 Å². The van der Waals surface area contributed by atoms with Gasteiger partial charge in [-0.15, -0.1) is 0 Å². The van der Waals surface area contributed by atoms with Crippen LogP contribution in [-0.2, 0) is 9.47 Å². The summed E-state index contributed by atoms with van der Waals surface area (Å²) >= 11 is 0. The van der Waals surface area contributed by atoms with Gasteiger partial charge in [-0.3, -0.25) is 0 Å². The van der Waals surface area contributed by atoms with Gasteiger partial charge in [0.15, 0.2) is 0 Å². The molecule has 2 heteroatoms. The Morgan fingerprint density at radius 3 is 3.11 bits per heavy atom. The minimum Gasteiger partial charge on any atom is -0.379 e. The summed E-state index contributed by atoms with van der Waals surface area (Å²) in [5, 5.41) is 0. The maximum Gasteiger partial charge on any atom is 0.0809 e. The van der Waals surface area contributed by atoms with Gasteiger partial charge in [-0.05, 0) is 19.8 Å². The second-order valence-corrected chi connectivity index (χ2v) is 2.29. The van der Waals surface area contributed by atoms with E-state index in [1.807, 2.05) is 6.92 Å². The highest BCUT2D eigenvalue weighted by Crippen LogP contribution is 2.08. The molecule has 0 bridgehead atoms. The Bertz CT molecular complexity index is 64.6. The maximum atomic E-state index is 5.36. The van der Waals surface area contributed by atoms with E-state index in [0.717, 1.165) is 26.2 Å². The van der Waals surface area contributed by atoms with Gasteiger partial charge in [-0.1, -0.05) is 0 Å². The van der Waals surface area contributed by atoms with Crippen molar-refractivity contribution in [1.82, 2.24) is 0 Å². The van der Waals surface area contributed by atoms with Crippen LogP contribution in [0.25, 0.3) is 0 Å². The van der Waals surface area contributed by atoms with Crippen LogP contribution in [0.5, 0.6) is 0 Å². The summed E-state index contributed by atoms with van der Waals surface area (Å²) in [7, 11) is 0. The third-order valence-corrected chi connectivity index (χ3v) is 1.52. The largest absolute Gasteiger partial charge is 0.379 e. The molecule has 0 aromatic carbocycles. The van der Waals surface area contributed by atoms with Crippen molar-refractivity contribution in [3.05, 3.63) is 0 Å². The van der Waals surface area contributed by atoms with Gasteiger partial charge in [0, 0.05) is 13.2 Å². The smallest absolute Gasteiger partial charge is 0.0809 e. The summed E-state index contributed by atoms with van der Waals surface area (Å²) in [5.74, 6) is 0. The molecule has 0 aromatic heterocycles. The minimum absolute atomic E-state index is 0.378. The Labute approximate surface area is 56.2 Å². The van der Waals surface area contributed by atoms with Crippen molar-refractivity contribution < 1.29 is 9.47 Å². The minimum atomic E-state index is 0.378. The van der Waals surface area contributed by atoms with E-state index in [1.165, 1.54) is 6.42 Å². The first-order valence-corrected chi connectivity index (χ1v) is 3.63. The lowest BCUT2D eigenvalue weighted by Crippen LogP contribution is -2.25. The highest BCUT2D eigenvalue weighted by Gasteiger charge is 2.12. The molecule has 0 aromatic rings. The van der Waals surface area contributed by atoms with E-state index in [0.29, 0.717) is 6.10 Å². The molecule has 0 aliphatic carbocycles. The monoisotopic (exact) mass is 130 g/mol. The molecule has 9 heavy (non-hydrogen) atoms. The van der Waals surface area contributed by atoms with Gasteiger partial charge in [0.2, 0.25) is 0 Å². The average Bonchev–Trinajstić information content (AvgIpc) is 1.91. The van der Waals surface area contributed by atoms with Crippen LogP contribution >= 0.6 is 0 Å². The molecule has 2 nitrogen and oxygen atoms in total. The first-order chi connectivity index (χ1) is 4.43. The Balaban J connectivity index is 2.08. The highest BCUT2D eigenvalue weighted by atomic mass is 16.5. The van der Waals surface area contributed by atoms with Crippen LogP contribution in [0.15, 0.2) is 0 Å². The van der Waals surface area contributed by atoms with E-state index in [9.17, 15) is 0 Å². The fourth-order valence-corrected chi connectivity index (χ4v) is 1.08. The molecule has 1 heterocycles. The van der Waals surface area contributed by atoms with Crippen LogP contribution in [0.1, 0.15) is 19.8 Å². The van der Waals surface area contributed by atoms with E-state index in [4.69, 9.17) is 9.47 Å². The highest BCUT2D eigenvalue weighted by molar-refractivity contribution is 4.60. The molecule has 1 unspecified atom stereocenters. The molecule has 1 aliphatic heterocycles. The molecule has 0 amide bonds. The number of ether oxygens (including phenoxy) is 2. The molecular formula is C7H14O2. The zero-order chi connectivity index (χ0) is 6.53. The zero-order valence-corrected chi connectivity index (χ0v) is 5.93. The molecular weight excluding hydrogens is 116 g/mol. The van der Waals surface area contributed by atoms with Crippen molar-refractivity contribution >= 4 is 0 Å². The summed E-state index contributed by atoms with van der Waals surface area (Å²) in [4.78, 5) is 0. The van der Waals surface area contributed by atoms with E-state index in [2.05, 4.69) is 0 Å². The summed E-state index contributed by atoms with van der Waals surface area (Å²) in [6, 6.07) is 0. The van der Waals surface area contributed by atoms with Crippen LogP contribution in [0.4, 0.5) is 0 Å². The molecule has 0 N–H and O–H groups in total. The SMILES string of the molecule is CCOC1CCCOC1. The summed E-state index contributed by atoms with van der Waals surface area (Å²) < 4.78 is 10.6. The van der Waals surface area contributed by atoms with Crippen LogP contribution < -0.4 is 0 Å². The maximum absolute atomic E-state index is 5.36. The van der Waals surface area contributed by atoms with Gasteiger partial charge >= 0.3 is 0 Å². The van der Waals surface area contributed by atoms with E-state index >= 15 is 0 Å². The number of hydrogen-bond acceptors (Lipinski definition) is 2. The third-order valence-electron chi connectivity index (χ3n) is 1.52. The second kappa shape index (κ2) is 3.85.